The minimum atomic E-state index is 0.555. The monoisotopic (exact) mass is 249 g/mol. The minimum Gasteiger partial charge on any atom is -0.307 e. The van der Waals surface area contributed by atoms with Crippen molar-refractivity contribution in [2.75, 3.05) is 5.75 Å². The highest BCUT2D eigenvalue weighted by Crippen LogP contribution is 2.36. The van der Waals surface area contributed by atoms with Crippen LogP contribution in [0.3, 0.4) is 0 Å². The lowest BCUT2D eigenvalue weighted by atomic mass is 9.97. The van der Waals surface area contributed by atoms with E-state index in [9.17, 15) is 0 Å². The van der Waals surface area contributed by atoms with Crippen LogP contribution >= 0.6 is 11.8 Å². The Morgan fingerprint density at radius 1 is 1.35 bits per heavy atom. The van der Waals surface area contributed by atoms with Crippen LogP contribution in [0.5, 0.6) is 0 Å². The molecule has 1 nitrogen and oxygen atoms in total. The van der Waals surface area contributed by atoms with E-state index in [0.717, 1.165) is 0 Å². The van der Waals surface area contributed by atoms with E-state index in [4.69, 9.17) is 0 Å². The van der Waals surface area contributed by atoms with Crippen LogP contribution in [-0.2, 0) is 0 Å². The number of rotatable bonds is 4. The van der Waals surface area contributed by atoms with Crippen LogP contribution in [0, 0.1) is 5.92 Å². The molecule has 0 radical (unpaired) electrons. The molecule has 2 heteroatoms. The molecular weight excluding hydrogens is 226 g/mol. The Hall–Kier alpha value is -0.470. The second kappa shape index (κ2) is 5.92. The van der Waals surface area contributed by atoms with Gasteiger partial charge >= 0.3 is 0 Å². The molecule has 0 aromatic heterocycles. The quantitative estimate of drug-likeness (QED) is 0.856. The van der Waals surface area contributed by atoms with Gasteiger partial charge in [0.25, 0.3) is 0 Å². The van der Waals surface area contributed by atoms with E-state index in [2.05, 4.69) is 50.4 Å². The zero-order valence-corrected chi connectivity index (χ0v) is 11.9. The van der Waals surface area contributed by atoms with Gasteiger partial charge < -0.3 is 5.32 Å². The molecule has 1 heterocycles. The normalized spacial score (nSPS) is 21.3. The van der Waals surface area contributed by atoms with Gasteiger partial charge in [-0.25, -0.2) is 0 Å². The summed E-state index contributed by atoms with van der Waals surface area (Å²) in [7, 11) is 0. The van der Waals surface area contributed by atoms with Crippen LogP contribution < -0.4 is 5.32 Å². The van der Waals surface area contributed by atoms with Crippen molar-refractivity contribution in [1.29, 1.82) is 0 Å². The third-order valence-corrected chi connectivity index (χ3v) is 4.74. The fourth-order valence-electron chi connectivity index (χ4n) is 2.56. The van der Waals surface area contributed by atoms with E-state index in [0.29, 0.717) is 18.0 Å². The molecule has 0 fully saturated rings. The molecular formula is C15H23NS. The highest BCUT2D eigenvalue weighted by atomic mass is 32.2. The fraction of sp³-hybridized carbons (Fsp3) is 0.600. The van der Waals surface area contributed by atoms with E-state index in [1.165, 1.54) is 29.1 Å². The number of thioether (sulfide) groups is 1. The molecule has 0 saturated heterocycles. The van der Waals surface area contributed by atoms with Crippen molar-refractivity contribution in [3.8, 4) is 0 Å². The molecule has 1 aromatic carbocycles. The predicted molar refractivity (Wildman–Crippen MR) is 76.6 cm³/mol. The molecule has 2 unspecified atom stereocenters. The summed E-state index contributed by atoms with van der Waals surface area (Å²) < 4.78 is 0. The van der Waals surface area contributed by atoms with Gasteiger partial charge in [-0.3, -0.25) is 0 Å². The molecule has 0 spiro atoms. The molecule has 94 valence electrons. The molecule has 1 aromatic rings. The van der Waals surface area contributed by atoms with Gasteiger partial charge in [-0.05, 0) is 36.1 Å². The first-order valence-corrected chi connectivity index (χ1v) is 7.68. The Bertz CT molecular complexity index is 362. The average Bonchev–Trinajstić information content (AvgIpc) is 2.35. The summed E-state index contributed by atoms with van der Waals surface area (Å²) >= 11 is 2.00. The topological polar surface area (TPSA) is 12.0 Å². The summed E-state index contributed by atoms with van der Waals surface area (Å²) in [6, 6.07) is 10.0. The molecule has 0 amide bonds. The van der Waals surface area contributed by atoms with Crippen molar-refractivity contribution in [3.05, 3.63) is 29.8 Å². The first-order chi connectivity index (χ1) is 8.22. The Kier molecular flexibility index (Phi) is 4.52. The number of hydrogen-bond acceptors (Lipinski definition) is 2. The lowest BCUT2D eigenvalue weighted by molar-refractivity contribution is 0.338. The summed E-state index contributed by atoms with van der Waals surface area (Å²) in [4.78, 5) is 1.47. The van der Waals surface area contributed by atoms with E-state index in [-0.39, 0.29) is 0 Å². The lowest BCUT2D eigenvalue weighted by Crippen LogP contribution is -2.37. The smallest absolute Gasteiger partial charge is 0.0341 e. The van der Waals surface area contributed by atoms with E-state index < -0.39 is 0 Å². The third kappa shape index (κ3) is 3.05. The number of nitrogens with one attached hydrogen (secondary N) is 1. The largest absolute Gasteiger partial charge is 0.307 e. The lowest BCUT2D eigenvalue weighted by Gasteiger charge is -2.31. The van der Waals surface area contributed by atoms with E-state index in [1.807, 2.05) is 11.8 Å². The molecule has 1 N–H and O–H groups in total. The Morgan fingerprint density at radius 2 is 2.12 bits per heavy atom. The number of hydrogen-bond donors (Lipinski definition) is 1. The minimum absolute atomic E-state index is 0.555. The average molecular weight is 249 g/mol. The molecule has 2 atom stereocenters. The molecule has 1 aliphatic rings. The van der Waals surface area contributed by atoms with Crippen molar-refractivity contribution in [2.24, 2.45) is 5.92 Å². The maximum Gasteiger partial charge on any atom is 0.0341 e. The fourth-order valence-corrected chi connectivity index (χ4v) is 3.68. The van der Waals surface area contributed by atoms with Gasteiger partial charge in [-0.15, -0.1) is 11.8 Å². The maximum absolute atomic E-state index is 3.85. The Labute approximate surface area is 109 Å². The van der Waals surface area contributed by atoms with Crippen molar-refractivity contribution < 1.29 is 0 Å². The van der Waals surface area contributed by atoms with Crippen LogP contribution in [0.25, 0.3) is 0 Å². The summed E-state index contributed by atoms with van der Waals surface area (Å²) in [5, 5.41) is 3.85. The second-order valence-corrected chi connectivity index (χ2v) is 6.29. The van der Waals surface area contributed by atoms with Gasteiger partial charge in [-0.2, -0.15) is 0 Å². The summed E-state index contributed by atoms with van der Waals surface area (Å²) in [6.07, 6.45) is 2.47. The third-order valence-electron chi connectivity index (χ3n) is 3.62. The van der Waals surface area contributed by atoms with Crippen LogP contribution in [0.2, 0.25) is 0 Å². The highest BCUT2D eigenvalue weighted by molar-refractivity contribution is 7.99. The van der Waals surface area contributed by atoms with Gasteiger partial charge in [0.05, 0.1) is 0 Å². The predicted octanol–water partition coefficient (Wildman–Crippen LogP) is 4.25. The molecule has 0 aliphatic carbocycles. The van der Waals surface area contributed by atoms with Crippen molar-refractivity contribution in [2.45, 2.75) is 50.6 Å². The van der Waals surface area contributed by atoms with Crippen LogP contribution in [0.15, 0.2) is 29.2 Å². The molecule has 2 rings (SSSR count). The SMILES string of the molecule is CCC(NC1CCSc2ccccc21)C(C)C. The highest BCUT2D eigenvalue weighted by Gasteiger charge is 2.23. The van der Waals surface area contributed by atoms with Gasteiger partial charge in [-0.1, -0.05) is 39.0 Å². The van der Waals surface area contributed by atoms with Crippen LogP contribution in [0.1, 0.15) is 45.2 Å². The van der Waals surface area contributed by atoms with Gasteiger partial charge in [0.2, 0.25) is 0 Å². The zero-order chi connectivity index (χ0) is 12.3. The standard InChI is InChI=1S/C15H23NS/c1-4-13(11(2)3)16-14-9-10-17-15-8-6-5-7-12(14)15/h5-8,11,13-14,16H,4,9-10H2,1-3H3. The second-order valence-electron chi connectivity index (χ2n) is 5.15. The van der Waals surface area contributed by atoms with E-state index in [1.54, 1.807) is 0 Å². The summed E-state index contributed by atoms with van der Waals surface area (Å²) in [5.41, 5.74) is 1.50. The number of fused-ring (bicyclic) bond motifs is 1. The van der Waals surface area contributed by atoms with Crippen molar-refractivity contribution in [1.82, 2.24) is 5.32 Å². The molecule has 17 heavy (non-hydrogen) atoms. The maximum atomic E-state index is 3.85. The van der Waals surface area contributed by atoms with Gasteiger partial charge in [0.1, 0.15) is 0 Å². The van der Waals surface area contributed by atoms with E-state index >= 15 is 0 Å². The van der Waals surface area contributed by atoms with Crippen molar-refractivity contribution in [3.63, 3.8) is 0 Å². The van der Waals surface area contributed by atoms with Crippen LogP contribution in [0.4, 0.5) is 0 Å². The van der Waals surface area contributed by atoms with Crippen LogP contribution in [-0.4, -0.2) is 11.8 Å². The van der Waals surface area contributed by atoms with Gasteiger partial charge in [0, 0.05) is 17.0 Å². The zero-order valence-electron chi connectivity index (χ0n) is 11.1. The first kappa shape index (κ1) is 13.0. The first-order valence-electron chi connectivity index (χ1n) is 6.70. The summed E-state index contributed by atoms with van der Waals surface area (Å²) in [6.45, 7) is 6.90. The van der Waals surface area contributed by atoms with Gasteiger partial charge in [0.15, 0.2) is 0 Å². The molecule has 0 bridgehead atoms. The number of benzene rings is 1. The molecule has 1 aliphatic heterocycles. The Balaban J connectivity index is 2.13. The van der Waals surface area contributed by atoms with Crippen molar-refractivity contribution >= 4 is 11.8 Å². The summed E-state index contributed by atoms with van der Waals surface area (Å²) in [5.74, 6) is 1.95. The Morgan fingerprint density at radius 3 is 2.82 bits per heavy atom. The molecule has 0 saturated carbocycles.